The average Bonchev–Trinajstić information content (AvgIpc) is 3.20. The number of nitrogens with one attached hydrogen (secondary N) is 1. The van der Waals surface area contributed by atoms with Crippen LogP contribution in [0.4, 0.5) is 0 Å². The fourth-order valence-electron chi connectivity index (χ4n) is 3.41. The molecule has 0 saturated carbocycles. The van der Waals surface area contributed by atoms with Crippen molar-refractivity contribution in [1.82, 2.24) is 10.3 Å². The monoisotopic (exact) mass is 440 g/mol. The quantitative estimate of drug-likeness (QED) is 0.567. The second kappa shape index (κ2) is 8.73. The molecule has 5 nitrogen and oxygen atoms in total. The Morgan fingerprint density at radius 2 is 1.93 bits per heavy atom. The van der Waals surface area contributed by atoms with Gasteiger partial charge in [-0.2, -0.15) is 0 Å². The minimum atomic E-state index is 0.0374. The number of benzene rings is 2. The number of halogens is 1. The Labute approximate surface area is 172 Å². The van der Waals surface area contributed by atoms with Crippen LogP contribution in [0.25, 0.3) is 11.1 Å². The Morgan fingerprint density at radius 1 is 1.11 bits per heavy atom. The van der Waals surface area contributed by atoms with Gasteiger partial charge in [-0.15, -0.1) is 0 Å². The highest BCUT2D eigenvalue weighted by Crippen LogP contribution is 2.42. The van der Waals surface area contributed by atoms with Crippen LogP contribution in [0.1, 0.15) is 23.6 Å². The van der Waals surface area contributed by atoms with E-state index in [1.165, 1.54) is 0 Å². The summed E-state index contributed by atoms with van der Waals surface area (Å²) in [7, 11) is 0. The van der Waals surface area contributed by atoms with Crippen molar-refractivity contribution in [2.45, 2.75) is 19.0 Å². The smallest absolute Gasteiger partial charge is 0.231 e. The summed E-state index contributed by atoms with van der Waals surface area (Å²) < 4.78 is 12.4. The predicted molar refractivity (Wildman–Crippen MR) is 111 cm³/mol. The van der Waals surface area contributed by atoms with Crippen LogP contribution < -0.4 is 14.8 Å². The van der Waals surface area contributed by atoms with E-state index in [0.29, 0.717) is 13.0 Å². The fourth-order valence-corrected chi connectivity index (χ4v) is 3.97. The average molecular weight is 441 g/mol. The Balaban J connectivity index is 1.60. The van der Waals surface area contributed by atoms with E-state index in [1.807, 2.05) is 36.4 Å². The van der Waals surface area contributed by atoms with Gasteiger partial charge in [0.15, 0.2) is 11.5 Å². The van der Waals surface area contributed by atoms with Crippen LogP contribution in [0.2, 0.25) is 0 Å². The predicted octanol–water partition coefficient (Wildman–Crippen LogP) is 4.45. The lowest BCUT2D eigenvalue weighted by Crippen LogP contribution is -2.22. The Bertz CT molecular complexity index is 950. The number of pyridine rings is 1. The summed E-state index contributed by atoms with van der Waals surface area (Å²) in [4.78, 5) is 4.10. The first-order valence-electron chi connectivity index (χ1n) is 9.18. The molecule has 2 heterocycles. The van der Waals surface area contributed by atoms with Crippen molar-refractivity contribution in [3.05, 3.63) is 76.5 Å². The van der Waals surface area contributed by atoms with Crippen LogP contribution >= 0.6 is 15.9 Å². The van der Waals surface area contributed by atoms with Crippen LogP contribution in [-0.2, 0) is 6.54 Å². The molecule has 144 valence electrons. The molecule has 1 atom stereocenters. The van der Waals surface area contributed by atoms with Gasteiger partial charge in [0.25, 0.3) is 0 Å². The zero-order chi connectivity index (χ0) is 19.3. The van der Waals surface area contributed by atoms with E-state index in [0.717, 1.165) is 38.2 Å². The first-order chi connectivity index (χ1) is 13.8. The summed E-state index contributed by atoms with van der Waals surface area (Å²) in [5.74, 6) is 1.53. The second-order valence-corrected chi connectivity index (χ2v) is 7.43. The van der Waals surface area contributed by atoms with Gasteiger partial charge >= 0.3 is 0 Å². The van der Waals surface area contributed by atoms with Crippen molar-refractivity contribution in [1.29, 1.82) is 0 Å². The molecular formula is C22H21BrN2O3. The fraction of sp³-hybridized carbons (Fsp3) is 0.227. The number of hydrogen-bond donors (Lipinski definition) is 2. The van der Waals surface area contributed by atoms with E-state index in [9.17, 15) is 5.11 Å². The van der Waals surface area contributed by atoms with Crippen molar-refractivity contribution in [3.63, 3.8) is 0 Å². The number of aromatic nitrogens is 1. The molecule has 0 amide bonds. The molecule has 0 fully saturated rings. The van der Waals surface area contributed by atoms with Gasteiger partial charge in [-0.25, -0.2) is 0 Å². The third-order valence-electron chi connectivity index (χ3n) is 4.77. The lowest BCUT2D eigenvalue weighted by molar-refractivity contribution is 0.174. The minimum Gasteiger partial charge on any atom is -0.454 e. The summed E-state index contributed by atoms with van der Waals surface area (Å²) in [5, 5.41) is 13.1. The van der Waals surface area contributed by atoms with Gasteiger partial charge in [0, 0.05) is 41.6 Å². The maximum Gasteiger partial charge on any atom is 0.231 e. The molecule has 4 rings (SSSR count). The summed E-state index contributed by atoms with van der Waals surface area (Å²) in [6.07, 6.45) is 4.17. The summed E-state index contributed by atoms with van der Waals surface area (Å²) in [5.41, 5.74) is 4.25. The van der Waals surface area contributed by atoms with Gasteiger partial charge in [0.05, 0.1) is 0 Å². The largest absolute Gasteiger partial charge is 0.454 e. The van der Waals surface area contributed by atoms with Gasteiger partial charge in [0.2, 0.25) is 6.79 Å². The number of nitrogens with zero attached hydrogens (tertiary/aromatic N) is 1. The number of aliphatic hydroxyl groups is 1. The van der Waals surface area contributed by atoms with E-state index in [-0.39, 0.29) is 19.4 Å². The van der Waals surface area contributed by atoms with E-state index in [2.05, 4.69) is 38.4 Å². The van der Waals surface area contributed by atoms with Gasteiger partial charge in [-0.05, 0) is 53.4 Å². The third-order valence-corrected chi connectivity index (χ3v) is 5.50. The molecule has 2 N–H and O–H groups in total. The van der Waals surface area contributed by atoms with Crippen molar-refractivity contribution in [3.8, 4) is 22.6 Å². The van der Waals surface area contributed by atoms with E-state index >= 15 is 0 Å². The molecule has 1 aliphatic heterocycles. The molecular weight excluding hydrogens is 420 g/mol. The lowest BCUT2D eigenvalue weighted by Gasteiger charge is -2.20. The van der Waals surface area contributed by atoms with Crippen molar-refractivity contribution in [2.24, 2.45) is 0 Å². The second-order valence-electron chi connectivity index (χ2n) is 6.58. The number of fused-ring (bicyclic) bond motifs is 1. The normalized spacial score (nSPS) is 13.5. The maximum absolute atomic E-state index is 9.51. The Morgan fingerprint density at radius 3 is 2.71 bits per heavy atom. The summed E-state index contributed by atoms with van der Waals surface area (Å²) in [6, 6.07) is 16.2. The highest BCUT2D eigenvalue weighted by atomic mass is 79.9. The minimum absolute atomic E-state index is 0.0374. The van der Waals surface area contributed by atoms with Crippen LogP contribution in [-0.4, -0.2) is 23.5 Å². The highest BCUT2D eigenvalue weighted by molar-refractivity contribution is 9.10. The molecule has 1 aromatic heterocycles. The number of rotatable bonds is 7. The van der Waals surface area contributed by atoms with Gasteiger partial charge in [-0.3, -0.25) is 4.98 Å². The molecule has 28 heavy (non-hydrogen) atoms. The molecule has 6 heteroatoms. The third kappa shape index (κ3) is 4.04. The molecule has 0 radical (unpaired) electrons. The number of ether oxygens (including phenoxy) is 2. The van der Waals surface area contributed by atoms with Crippen molar-refractivity contribution in [2.75, 3.05) is 13.4 Å². The van der Waals surface area contributed by atoms with Crippen molar-refractivity contribution >= 4 is 15.9 Å². The molecule has 1 aliphatic rings. The molecule has 0 spiro atoms. The van der Waals surface area contributed by atoms with E-state index < -0.39 is 0 Å². The van der Waals surface area contributed by atoms with Gasteiger partial charge in [0.1, 0.15) is 0 Å². The zero-order valence-corrected chi connectivity index (χ0v) is 16.9. The van der Waals surface area contributed by atoms with Crippen LogP contribution in [0.5, 0.6) is 11.5 Å². The van der Waals surface area contributed by atoms with Gasteiger partial charge in [-0.1, -0.05) is 34.1 Å². The Hall–Kier alpha value is -2.41. The Kier molecular flexibility index (Phi) is 5.90. The summed E-state index contributed by atoms with van der Waals surface area (Å²) >= 11 is 3.61. The van der Waals surface area contributed by atoms with Crippen molar-refractivity contribution < 1.29 is 14.6 Å². The zero-order valence-electron chi connectivity index (χ0n) is 15.3. The topological polar surface area (TPSA) is 63.6 Å². The number of aliphatic hydroxyl groups excluding tert-OH is 1. The molecule has 0 bridgehead atoms. The van der Waals surface area contributed by atoms with Crippen LogP contribution in [0.15, 0.2) is 65.4 Å². The molecule has 1 unspecified atom stereocenters. The first-order valence-corrected chi connectivity index (χ1v) is 9.97. The highest BCUT2D eigenvalue weighted by Gasteiger charge is 2.21. The maximum atomic E-state index is 9.51. The van der Waals surface area contributed by atoms with Crippen LogP contribution in [0, 0.1) is 0 Å². The van der Waals surface area contributed by atoms with E-state index in [1.54, 1.807) is 12.4 Å². The standard InChI is InChI=1S/C22H21BrN2O3/c23-19-4-2-1-3-17(19)20(7-10-26)25-13-15-11-18(16-5-8-24-9-6-16)22-21(12-15)27-14-28-22/h1-6,8-9,11-12,20,25-26H,7,10,13-14H2. The summed E-state index contributed by atoms with van der Waals surface area (Å²) in [6.45, 7) is 0.984. The molecule has 3 aromatic rings. The molecule has 0 aliphatic carbocycles. The molecule has 2 aromatic carbocycles. The van der Waals surface area contributed by atoms with E-state index in [4.69, 9.17) is 9.47 Å². The lowest BCUT2D eigenvalue weighted by atomic mass is 10.0. The first kappa shape index (κ1) is 18.9. The van der Waals surface area contributed by atoms with Crippen LogP contribution in [0.3, 0.4) is 0 Å². The SMILES string of the molecule is OCCC(NCc1cc2c(c(-c3ccncc3)c1)OCO2)c1ccccc1Br. The molecule has 0 saturated heterocycles. The van der Waals surface area contributed by atoms with Gasteiger partial charge < -0.3 is 19.9 Å². The number of hydrogen-bond acceptors (Lipinski definition) is 5.